The van der Waals surface area contributed by atoms with Crippen molar-refractivity contribution >= 4 is 40.5 Å². The normalized spacial score (nSPS) is 10.3. The summed E-state index contributed by atoms with van der Waals surface area (Å²) in [6, 6.07) is 6.97. The van der Waals surface area contributed by atoms with Gasteiger partial charge >= 0.3 is 0 Å². The summed E-state index contributed by atoms with van der Waals surface area (Å²) in [5.41, 5.74) is -0.0494. The van der Waals surface area contributed by atoms with E-state index >= 15 is 0 Å². The van der Waals surface area contributed by atoms with Gasteiger partial charge in [0.15, 0.2) is 0 Å². The van der Waals surface area contributed by atoms with Gasteiger partial charge in [0, 0.05) is 29.8 Å². The van der Waals surface area contributed by atoms with E-state index in [1.165, 1.54) is 23.2 Å². The van der Waals surface area contributed by atoms with Crippen LogP contribution in [-0.2, 0) is 10.5 Å². The lowest BCUT2D eigenvalue weighted by Gasteiger charge is -2.07. The monoisotopic (exact) mass is 352 g/mol. The first-order valence-corrected chi connectivity index (χ1v) is 8.90. The van der Waals surface area contributed by atoms with Crippen molar-refractivity contribution < 1.29 is 9.72 Å². The number of nitro groups is 1. The molecule has 2 heterocycles. The van der Waals surface area contributed by atoms with Crippen LogP contribution in [0, 0.1) is 10.1 Å². The Labute approximate surface area is 141 Å². The summed E-state index contributed by atoms with van der Waals surface area (Å²) in [4.78, 5) is 26.9. The Morgan fingerprint density at radius 3 is 2.87 bits per heavy atom. The standard InChI is InChI=1S/C14H16N4O3S2/c19-14(10-22-9-12-2-1-7-23-12)16-6-5-15-13-4-3-11(8-17-13)18(20)21/h1-4,7-8H,5-6,9-10H2,(H,15,17)(H,16,19). The molecule has 0 aliphatic carbocycles. The minimum atomic E-state index is -0.495. The second kappa shape index (κ2) is 9.11. The first-order valence-electron chi connectivity index (χ1n) is 6.86. The van der Waals surface area contributed by atoms with Crippen molar-refractivity contribution in [2.24, 2.45) is 0 Å². The van der Waals surface area contributed by atoms with Gasteiger partial charge in [0.1, 0.15) is 12.0 Å². The van der Waals surface area contributed by atoms with E-state index in [4.69, 9.17) is 0 Å². The number of nitrogens with zero attached hydrogens (tertiary/aromatic N) is 2. The molecule has 0 atom stereocenters. The Kier molecular flexibility index (Phi) is 6.82. The van der Waals surface area contributed by atoms with E-state index in [0.717, 1.165) is 5.75 Å². The Hall–Kier alpha value is -2.13. The molecule has 122 valence electrons. The van der Waals surface area contributed by atoms with Gasteiger partial charge in [-0.05, 0) is 17.5 Å². The maximum absolute atomic E-state index is 11.7. The highest BCUT2D eigenvalue weighted by Gasteiger charge is 2.05. The van der Waals surface area contributed by atoms with E-state index in [1.54, 1.807) is 23.1 Å². The molecule has 1 amide bonds. The van der Waals surface area contributed by atoms with Gasteiger partial charge in [0.25, 0.3) is 5.69 Å². The van der Waals surface area contributed by atoms with Crippen LogP contribution in [0.1, 0.15) is 4.88 Å². The van der Waals surface area contributed by atoms with Gasteiger partial charge in [-0.2, -0.15) is 0 Å². The van der Waals surface area contributed by atoms with Crippen LogP contribution in [-0.4, -0.2) is 34.7 Å². The van der Waals surface area contributed by atoms with E-state index in [1.807, 2.05) is 11.4 Å². The van der Waals surface area contributed by atoms with Crippen molar-refractivity contribution in [3.8, 4) is 0 Å². The van der Waals surface area contributed by atoms with E-state index in [9.17, 15) is 14.9 Å². The second-order valence-electron chi connectivity index (χ2n) is 4.51. The average Bonchev–Trinajstić information content (AvgIpc) is 3.05. The minimum Gasteiger partial charge on any atom is -0.368 e. The molecule has 0 saturated heterocycles. The summed E-state index contributed by atoms with van der Waals surface area (Å²) in [5.74, 6) is 1.80. The van der Waals surface area contributed by atoms with Gasteiger partial charge in [-0.1, -0.05) is 6.07 Å². The van der Waals surface area contributed by atoms with Crippen molar-refractivity contribution in [2.75, 3.05) is 24.2 Å². The van der Waals surface area contributed by atoms with Crippen LogP contribution in [0.15, 0.2) is 35.8 Å². The zero-order chi connectivity index (χ0) is 16.5. The molecule has 0 aliphatic heterocycles. The highest BCUT2D eigenvalue weighted by molar-refractivity contribution is 7.99. The zero-order valence-corrected chi connectivity index (χ0v) is 13.9. The first kappa shape index (κ1) is 17.2. The van der Waals surface area contributed by atoms with Gasteiger partial charge in [-0.3, -0.25) is 14.9 Å². The molecule has 0 aliphatic rings. The van der Waals surface area contributed by atoms with Crippen LogP contribution in [0.3, 0.4) is 0 Å². The lowest BCUT2D eigenvalue weighted by atomic mass is 10.4. The number of thiophene rings is 1. The van der Waals surface area contributed by atoms with Crippen LogP contribution in [0.4, 0.5) is 11.5 Å². The number of nitrogens with one attached hydrogen (secondary N) is 2. The number of thioether (sulfide) groups is 1. The molecule has 2 N–H and O–H groups in total. The van der Waals surface area contributed by atoms with E-state index < -0.39 is 4.92 Å². The lowest BCUT2D eigenvalue weighted by Crippen LogP contribution is -2.30. The van der Waals surface area contributed by atoms with Crippen molar-refractivity contribution in [1.82, 2.24) is 10.3 Å². The molecule has 0 unspecified atom stereocenters. The molecule has 2 rings (SSSR count). The first-order chi connectivity index (χ1) is 11.1. The van der Waals surface area contributed by atoms with Gasteiger partial charge in [0.05, 0.1) is 10.7 Å². The topological polar surface area (TPSA) is 97.2 Å². The smallest absolute Gasteiger partial charge is 0.287 e. The molecule has 0 fully saturated rings. The number of amides is 1. The molecule has 0 spiro atoms. The zero-order valence-electron chi connectivity index (χ0n) is 12.2. The molecule has 2 aromatic heterocycles. The number of carbonyl (C=O) groups excluding carboxylic acids is 1. The third kappa shape index (κ3) is 6.25. The molecular formula is C14H16N4O3S2. The van der Waals surface area contributed by atoms with Crippen molar-refractivity contribution in [3.05, 3.63) is 50.8 Å². The SMILES string of the molecule is O=C(CSCc1cccs1)NCCNc1ccc([N+](=O)[O-])cn1. The minimum absolute atomic E-state index is 0.00925. The van der Waals surface area contributed by atoms with E-state index in [0.29, 0.717) is 24.7 Å². The summed E-state index contributed by atoms with van der Waals surface area (Å²) in [6.45, 7) is 0.975. The highest BCUT2D eigenvalue weighted by atomic mass is 32.2. The lowest BCUT2D eigenvalue weighted by molar-refractivity contribution is -0.385. The van der Waals surface area contributed by atoms with Crippen LogP contribution in [0.2, 0.25) is 0 Å². The number of hydrogen-bond acceptors (Lipinski definition) is 7. The fraction of sp³-hybridized carbons (Fsp3) is 0.286. The molecule has 9 heteroatoms. The Morgan fingerprint density at radius 2 is 2.22 bits per heavy atom. The summed E-state index contributed by atoms with van der Waals surface area (Å²) >= 11 is 3.26. The Balaban J connectivity index is 1.57. The third-order valence-corrected chi connectivity index (χ3v) is 4.81. The fourth-order valence-corrected chi connectivity index (χ4v) is 3.38. The van der Waals surface area contributed by atoms with Gasteiger partial charge in [-0.15, -0.1) is 23.1 Å². The van der Waals surface area contributed by atoms with Crippen LogP contribution in [0.25, 0.3) is 0 Å². The Morgan fingerprint density at radius 1 is 1.35 bits per heavy atom. The predicted octanol–water partition coefficient (Wildman–Crippen LogP) is 2.51. The largest absolute Gasteiger partial charge is 0.368 e. The molecule has 0 aromatic carbocycles. The second-order valence-corrected chi connectivity index (χ2v) is 6.53. The number of carbonyl (C=O) groups is 1. The number of aromatic nitrogens is 1. The van der Waals surface area contributed by atoms with Gasteiger partial charge in [-0.25, -0.2) is 4.98 Å². The van der Waals surface area contributed by atoms with Crippen molar-refractivity contribution in [1.29, 1.82) is 0 Å². The molecule has 7 nitrogen and oxygen atoms in total. The maximum Gasteiger partial charge on any atom is 0.287 e. The van der Waals surface area contributed by atoms with Crippen LogP contribution in [0.5, 0.6) is 0 Å². The predicted molar refractivity (Wildman–Crippen MR) is 92.9 cm³/mol. The van der Waals surface area contributed by atoms with Crippen molar-refractivity contribution in [3.63, 3.8) is 0 Å². The fourth-order valence-electron chi connectivity index (χ4n) is 1.68. The van der Waals surface area contributed by atoms with E-state index in [-0.39, 0.29) is 11.6 Å². The van der Waals surface area contributed by atoms with Crippen LogP contribution >= 0.6 is 23.1 Å². The maximum atomic E-state index is 11.7. The summed E-state index contributed by atoms with van der Waals surface area (Å²) in [5, 5.41) is 18.3. The molecule has 0 radical (unpaired) electrons. The Bertz CT molecular complexity index is 632. The summed E-state index contributed by atoms with van der Waals surface area (Å²) in [6.07, 6.45) is 1.20. The van der Waals surface area contributed by atoms with Gasteiger partial charge < -0.3 is 10.6 Å². The highest BCUT2D eigenvalue weighted by Crippen LogP contribution is 2.16. The molecule has 0 saturated carbocycles. The molecule has 23 heavy (non-hydrogen) atoms. The number of hydrogen-bond donors (Lipinski definition) is 2. The third-order valence-electron chi connectivity index (χ3n) is 2.77. The molecular weight excluding hydrogens is 336 g/mol. The summed E-state index contributed by atoms with van der Waals surface area (Å²) < 4.78 is 0. The number of anilines is 1. The number of pyridine rings is 1. The van der Waals surface area contributed by atoms with Gasteiger partial charge in [0.2, 0.25) is 5.91 Å². The van der Waals surface area contributed by atoms with Crippen molar-refractivity contribution in [2.45, 2.75) is 5.75 Å². The average molecular weight is 352 g/mol. The summed E-state index contributed by atoms with van der Waals surface area (Å²) in [7, 11) is 0. The number of rotatable bonds is 9. The molecule has 2 aromatic rings. The van der Waals surface area contributed by atoms with Crippen LogP contribution < -0.4 is 10.6 Å². The quantitative estimate of drug-likeness (QED) is 0.409. The molecule has 0 bridgehead atoms. The van der Waals surface area contributed by atoms with E-state index in [2.05, 4.69) is 21.7 Å².